The van der Waals surface area contributed by atoms with Gasteiger partial charge in [-0.2, -0.15) is 5.26 Å². The second-order valence-electron chi connectivity index (χ2n) is 4.63. The van der Waals surface area contributed by atoms with Crippen LogP contribution >= 0.6 is 15.9 Å². The SMILES string of the molecule is C[C@@H](Oc1ccc(C#N)cc1)C(=O)OCc1ccc(Br)cc1. The summed E-state index contributed by atoms with van der Waals surface area (Å²) >= 11 is 3.35. The summed E-state index contributed by atoms with van der Waals surface area (Å²) in [4.78, 5) is 11.9. The Bertz CT molecular complexity index is 675. The molecule has 4 nitrogen and oxygen atoms in total. The summed E-state index contributed by atoms with van der Waals surface area (Å²) in [5.41, 5.74) is 1.44. The van der Waals surface area contributed by atoms with Gasteiger partial charge in [0.2, 0.25) is 0 Å². The molecular weight excluding hydrogens is 346 g/mol. The van der Waals surface area contributed by atoms with E-state index in [-0.39, 0.29) is 6.61 Å². The molecule has 0 aliphatic rings. The van der Waals surface area contributed by atoms with Crippen molar-refractivity contribution in [3.05, 3.63) is 64.1 Å². The minimum Gasteiger partial charge on any atom is -0.479 e. The molecule has 2 aromatic carbocycles. The Morgan fingerprint density at radius 2 is 1.82 bits per heavy atom. The molecule has 0 unspecified atom stereocenters. The smallest absolute Gasteiger partial charge is 0.347 e. The molecule has 2 aromatic rings. The average Bonchev–Trinajstić information content (AvgIpc) is 2.54. The van der Waals surface area contributed by atoms with Gasteiger partial charge in [-0.15, -0.1) is 0 Å². The van der Waals surface area contributed by atoms with E-state index >= 15 is 0 Å². The lowest BCUT2D eigenvalue weighted by Gasteiger charge is -2.14. The molecule has 0 aliphatic carbocycles. The van der Waals surface area contributed by atoms with Crippen LogP contribution in [0.15, 0.2) is 53.0 Å². The number of hydrogen-bond acceptors (Lipinski definition) is 4. The Labute approximate surface area is 137 Å². The molecule has 1 atom stereocenters. The van der Waals surface area contributed by atoms with Gasteiger partial charge in [0.15, 0.2) is 6.10 Å². The van der Waals surface area contributed by atoms with E-state index < -0.39 is 12.1 Å². The van der Waals surface area contributed by atoms with Crippen molar-refractivity contribution in [1.82, 2.24) is 0 Å². The fourth-order valence-corrected chi connectivity index (χ4v) is 1.98. The van der Waals surface area contributed by atoms with E-state index in [1.54, 1.807) is 31.2 Å². The predicted molar refractivity (Wildman–Crippen MR) is 85.2 cm³/mol. The van der Waals surface area contributed by atoms with E-state index in [0.717, 1.165) is 10.0 Å². The number of rotatable bonds is 5. The summed E-state index contributed by atoms with van der Waals surface area (Å²) in [6.07, 6.45) is -0.719. The average molecular weight is 360 g/mol. The van der Waals surface area contributed by atoms with Crippen LogP contribution in [-0.4, -0.2) is 12.1 Å². The summed E-state index contributed by atoms with van der Waals surface area (Å²) in [7, 11) is 0. The number of esters is 1. The van der Waals surface area contributed by atoms with E-state index in [9.17, 15) is 4.79 Å². The van der Waals surface area contributed by atoms with Gasteiger partial charge in [0.25, 0.3) is 0 Å². The van der Waals surface area contributed by atoms with Gasteiger partial charge in [-0.3, -0.25) is 0 Å². The number of carbonyl (C=O) groups excluding carboxylic acids is 1. The summed E-state index contributed by atoms with van der Waals surface area (Å²) < 4.78 is 11.7. The fraction of sp³-hybridized carbons (Fsp3) is 0.176. The van der Waals surface area contributed by atoms with E-state index in [1.165, 1.54) is 0 Å². The minimum absolute atomic E-state index is 0.202. The normalized spacial score (nSPS) is 11.3. The predicted octanol–water partition coefficient (Wildman–Crippen LogP) is 3.83. The van der Waals surface area contributed by atoms with Gasteiger partial charge in [0, 0.05) is 4.47 Å². The van der Waals surface area contributed by atoms with Crippen LogP contribution in [0.3, 0.4) is 0 Å². The van der Waals surface area contributed by atoms with E-state index in [0.29, 0.717) is 11.3 Å². The van der Waals surface area contributed by atoms with Crippen LogP contribution in [0.2, 0.25) is 0 Å². The lowest BCUT2D eigenvalue weighted by atomic mass is 10.2. The third kappa shape index (κ3) is 4.61. The Morgan fingerprint density at radius 1 is 1.18 bits per heavy atom. The molecule has 0 N–H and O–H groups in total. The van der Waals surface area contributed by atoms with Gasteiger partial charge in [0.05, 0.1) is 11.6 Å². The first-order valence-corrected chi connectivity index (χ1v) is 7.45. The largest absolute Gasteiger partial charge is 0.479 e. The first-order valence-electron chi connectivity index (χ1n) is 6.66. The second-order valence-corrected chi connectivity index (χ2v) is 5.55. The van der Waals surface area contributed by atoms with E-state index in [4.69, 9.17) is 14.7 Å². The van der Waals surface area contributed by atoms with Crippen molar-refractivity contribution in [1.29, 1.82) is 5.26 Å². The van der Waals surface area contributed by atoms with Crippen molar-refractivity contribution in [2.24, 2.45) is 0 Å². The van der Waals surface area contributed by atoms with Gasteiger partial charge in [-0.1, -0.05) is 28.1 Å². The molecule has 0 fully saturated rings. The maximum Gasteiger partial charge on any atom is 0.347 e. The summed E-state index contributed by atoms with van der Waals surface area (Å²) in [5.74, 6) is 0.0828. The summed E-state index contributed by atoms with van der Waals surface area (Å²) in [5, 5.41) is 8.73. The van der Waals surface area contributed by atoms with Crippen molar-refractivity contribution >= 4 is 21.9 Å². The molecule has 0 aromatic heterocycles. The highest BCUT2D eigenvalue weighted by Gasteiger charge is 2.16. The highest BCUT2D eigenvalue weighted by molar-refractivity contribution is 9.10. The molecular formula is C17H14BrNO3. The van der Waals surface area contributed by atoms with Crippen LogP contribution in [-0.2, 0) is 16.1 Å². The van der Waals surface area contributed by atoms with Gasteiger partial charge < -0.3 is 9.47 Å². The Morgan fingerprint density at radius 3 is 2.41 bits per heavy atom. The van der Waals surface area contributed by atoms with Crippen LogP contribution in [0.5, 0.6) is 5.75 Å². The fourth-order valence-electron chi connectivity index (χ4n) is 1.71. The highest BCUT2D eigenvalue weighted by Crippen LogP contribution is 2.15. The third-order valence-corrected chi connectivity index (χ3v) is 3.45. The lowest BCUT2D eigenvalue weighted by Crippen LogP contribution is -2.26. The topological polar surface area (TPSA) is 59.3 Å². The first-order chi connectivity index (χ1) is 10.6. The molecule has 5 heteroatoms. The summed E-state index contributed by atoms with van der Waals surface area (Å²) in [6, 6.07) is 16.1. The Balaban J connectivity index is 1.86. The number of hydrogen-bond donors (Lipinski definition) is 0. The Kier molecular flexibility index (Phi) is 5.56. The van der Waals surface area contributed by atoms with Gasteiger partial charge >= 0.3 is 5.97 Å². The molecule has 0 saturated carbocycles. The molecule has 0 spiro atoms. The van der Waals surface area contributed by atoms with E-state index in [2.05, 4.69) is 15.9 Å². The number of carbonyl (C=O) groups is 1. The molecule has 112 valence electrons. The van der Waals surface area contributed by atoms with Crippen molar-refractivity contribution in [2.75, 3.05) is 0 Å². The number of benzene rings is 2. The minimum atomic E-state index is -0.719. The van der Waals surface area contributed by atoms with Crippen LogP contribution in [0.4, 0.5) is 0 Å². The van der Waals surface area contributed by atoms with Crippen molar-refractivity contribution < 1.29 is 14.3 Å². The zero-order chi connectivity index (χ0) is 15.9. The number of ether oxygens (including phenoxy) is 2. The quantitative estimate of drug-likeness (QED) is 0.761. The zero-order valence-corrected chi connectivity index (χ0v) is 13.5. The molecule has 0 bridgehead atoms. The molecule has 0 aliphatic heterocycles. The maximum atomic E-state index is 11.9. The lowest BCUT2D eigenvalue weighted by molar-refractivity contribution is -0.152. The number of nitrogens with zero attached hydrogens (tertiary/aromatic N) is 1. The second kappa shape index (κ2) is 7.62. The van der Waals surface area contributed by atoms with Crippen molar-refractivity contribution in [3.63, 3.8) is 0 Å². The van der Waals surface area contributed by atoms with Crippen LogP contribution in [0.1, 0.15) is 18.1 Å². The zero-order valence-electron chi connectivity index (χ0n) is 12.0. The molecule has 22 heavy (non-hydrogen) atoms. The molecule has 0 saturated heterocycles. The first kappa shape index (κ1) is 16.1. The van der Waals surface area contributed by atoms with Crippen molar-refractivity contribution in [2.45, 2.75) is 19.6 Å². The summed E-state index contributed by atoms with van der Waals surface area (Å²) in [6.45, 7) is 1.83. The van der Waals surface area contributed by atoms with Crippen molar-refractivity contribution in [3.8, 4) is 11.8 Å². The highest BCUT2D eigenvalue weighted by atomic mass is 79.9. The third-order valence-electron chi connectivity index (χ3n) is 2.92. The monoisotopic (exact) mass is 359 g/mol. The van der Waals surface area contributed by atoms with Crippen LogP contribution < -0.4 is 4.74 Å². The molecule has 0 amide bonds. The van der Waals surface area contributed by atoms with Crippen LogP contribution in [0, 0.1) is 11.3 Å². The molecule has 2 rings (SSSR count). The maximum absolute atomic E-state index is 11.9. The van der Waals surface area contributed by atoms with Gasteiger partial charge in [0.1, 0.15) is 12.4 Å². The number of halogens is 1. The van der Waals surface area contributed by atoms with Crippen LogP contribution in [0.25, 0.3) is 0 Å². The van der Waals surface area contributed by atoms with Gasteiger partial charge in [-0.25, -0.2) is 4.79 Å². The standard InChI is InChI=1S/C17H14BrNO3/c1-12(22-16-8-4-13(10-19)5-9-16)17(20)21-11-14-2-6-15(18)7-3-14/h2-9,12H,11H2,1H3/t12-/m1/s1. The van der Waals surface area contributed by atoms with E-state index in [1.807, 2.05) is 30.3 Å². The molecule has 0 heterocycles. The Hall–Kier alpha value is -2.32. The van der Waals surface area contributed by atoms with Gasteiger partial charge in [-0.05, 0) is 48.9 Å². The molecule has 0 radical (unpaired) electrons. The number of nitriles is 1.